The quantitative estimate of drug-likeness (QED) is 0.871. The number of thioether (sulfide) groups is 1. The number of carbonyl (C=O) groups is 1. The Hall–Kier alpha value is -1.86. The Morgan fingerprint density at radius 3 is 2.77 bits per heavy atom. The maximum Gasteiger partial charge on any atom is 0.233 e. The first-order chi connectivity index (χ1) is 10.7. The number of carbonyl (C=O) groups excluding carboxylic acids is 1. The average molecular weight is 332 g/mol. The molecule has 1 aromatic heterocycles. The van der Waals surface area contributed by atoms with Crippen LogP contribution in [-0.4, -0.2) is 39.8 Å². The summed E-state index contributed by atoms with van der Waals surface area (Å²) in [5.41, 5.74) is 8.08. The molecule has 0 spiro atoms. The number of nitrogen functional groups attached to an aromatic ring is 1. The van der Waals surface area contributed by atoms with E-state index in [2.05, 4.69) is 28.4 Å². The third-order valence-electron chi connectivity index (χ3n) is 3.45. The van der Waals surface area contributed by atoms with Crippen LogP contribution in [0.3, 0.4) is 0 Å². The first-order valence-corrected chi connectivity index (χ1v) is 8.76. The molecule has 1 aliphatic heterocycles. The van der Waals surface area contributed by atoms with E-state index in [1.165, 1.54) is 34.2 Å². The molecule has 0 saturated carbocycles. The molecule has 7 heteroatoms. The van der Waals surface area contributed by atoms with Crippen molar-refractivity contribution in [3.05, 3.63) is 42.0 Å². The number of hydrogen-bond acceptors (Lipinski definition) is 6. The number of aromatic nitrogens is 2. The fourth-order valence-electron chi connectivity index (χ4n) is 2.30. The van der Waals surface area contributed by atoms with Crippen LogP contribution in [0.15, 0.2) is 40.7 Å². The minimum absolute atomic E-state index is 0.127. The van der Waals surface area contributed by atoms with Crippen molar-refractivity contribution >= 4 is 39.7 Å². The molecule has 0 atom stereocenters. The highest BCUT2D eigenvalue weighted by atomic mass is 32.2. The summed E-state index contributed by atoms with van der Waals surface area (Å²) in [6, 6.07) is 10.3. The molecule has 2 N–H and O–H groups in total. The Bertz CT molecular complexity index is 684. The fraction of sp³-hybridized carbons (Fsp3) is 0.267. The van der Waals surface area contributed by atoms with E-state index >= 15 is 0 Å². The zero-order chi connectivity index (χ0) is 15.4. The summed E-state index contributed by atoms with van der Waals surface area (Å²) in [5.74, 6) is 0.505. The van der Waals surface area contributed by atoms with Crippen LogP contribution in [0.1, 0.15) is 12.0 Å². The van der Waals surface area contributed by atoms with Crippen molar-refractivity contribution in [3.8, 4) is 0 Å². The van der Waals surface area contributed by atoms with Gasteiger partial charge in [-0.3, -0.25) is 4.79 Å². The standard InChI is InChI=1S/C15H16N4OS2/c16-14-17-18-15(22-14)21-10-13(20)19-8-6-12(7-9-19)11-4-2-1-3-5-11/h1-6H,7-10H2,(H2,16,17). The second kappa shape index (κ2) is 6.93. The van der Waals surface area contributed by atoms with Crippen molar-refractivity contribution in [1.82, 2.24) is 15.1 Å². The molecule has 5 nitrogen and oxygen atoms in total. The Morgan fingerprint density at radius 1 is 1.32 bits per heavy atom. The van der Waals surface area contributed by atoms with Crippen molar-refractivity contribution in [2.45, 2.75) is 10.8 Å². The second-order valence-electron chi connectivity index (χ2n) is 4.88. The van der Waals surface area contributed by atoms with Gasteiger partial charge in [0.15, 0.2) is 4.34 Å². The van der Waals surface area contributed by atoms with E-state index in [0.717, 1.165) is 17.3 Å². The topological polar surface area (TPSA) is 72.1 Å². The number of hydrogen-bond donors (Lipinski definition) is 1. The number of nitrogens with two attached hydrogens (primary N) is 1. The molecule has 1 aliphatic rings. The first-order valence-electron chi connectivity index (χ1n) is 6.96. The second-order valence-corrected chi connectivity index (χ2v) is 7.11. The summed E-state index contributed by atoms with van der Waals surface area (Å²) >= 11 is 2.70. The molecule has 0 bridgehead atoms. The number of anilines is 1. The number of benzene rings is 1. The van der Waals surface area contributed by atoms with Crippen LogP contribution in [0.25, 0.3) is 5.57 Å². The zero-order valence-electron chi connectivity index (χ0n) is 11.9. The molecule has 0 radical (unpaired) electrons. The third kappa shape index (κ3) is 3.66. The largest absolute Gasteiger partial charge is 0.374 e. The Kier molecular flexibility index (Phi) is 4.74. The lowest BCUT2D eigenvalue weighted by Crippen LogP contribution is -2.35. The minimum Gasteiger partial charge on any atom is -0.374 e. The Morgan fingerprint density at radius 2 is 2.14 bits per heavy atom. The number of nitrogens with zero attached hydrogens (tertiary/aromatic N) is 3. The summed E-state index contributed by atoms with van der Waals surface area (Å²) in [5, 5.41) is 8.08. The monoisotopic (exact) mass is 332 g/mol. The summed E-state index contributed by atoms with van der Waals surface area (Å²) < 4.78 is 0.739. The molecular formula is C15H16N4OS2. The van der Waals surface area contributed by atoms with Gasteiger partial charge in [-0.25, -0.2) is 0 Å². The maximum absolute atomic E-state index is 12.2. The van der Waals surface area contributed by atoms with Gasteiger partial charge in [-0.15, -0.1) is 10.2 Å². The van der Waals surface area contributed by atoms with Gasteiger partial charge in [-0.05, 0) is 17.6 Å². The molecule has 22 heavy (non-hydrogen) atoms. The molecule has 3 rings (SSSR count). The van der Waals surface area contributed by atoms with Crippen molar-refractivity contribution in [2.24, 2.45) is 0 Å². The lowest BCUT2D eigenvalue weighted by molar-refractivity contribution is -0.127. The van der Waals surface area contributed by atoms with E-state index in [0.29, 0.717) is 17.4 Å². The van der Waals surface area contributed by atoms with Crippen LogP contribution in [-0.2, 0) is 4.79 Å². The van der Waals surface area contributed by atoms with Gasteiger partial charge in [0, 0.05) is 13.1 Å². The summed E-state index contributed by atoms with van der Waals surface area (Å²) in [6.45, 7) is 1.43. The molecule has 0 unspecified atom stereocenters. The molecule has 2 heterocycles. The molecule has 1 amide bonds. The van der Waals surface area contributed by atoms with E-state index in [4.69, 9.17) is 5.73 Å². The van der Waals surface area contributed by atoms with Crippen LogP contribution in [0.5, 0.6) is 0 Å². The zero-order valence-corrected chi connectivity index (χ0v) is 13.6. The molecule has 0 fully saturated rings. The molecule has 114 valence electrons. The van der Waals surface area contributed by atoms with Crippen LogP contribution < -0.4 is 5.73 Å². The van der Waals surface area contributed by atoms with E-state index in [1.54, 1.807) is 0 Å². The molecule has 0 aliphatic carbocycles. The van der Waals surface area contributed by atoms with Crippen molar-refractivity contribution in [3.63, 3.8) is 0 Å². The minimum atomic E-state index is 0.127. The molecule has 2 aromatic rings. The van der Waals surface area contributed by atoms with Gasteiger partial charge in [0.05, 0.1) is 5.75 Å². The first kappa shape index (κ1) is 15.1. The third-order valence-corrected chi connectivity index (χ3v) is 5.32. The maximum atomic E-state index is 12.2. The molecular weight excluding hydrogens is 316 g/mol. The van der Waals surface area contributed by atoms with E-state index in [1.807, 2.05) is 23.1 Å². The lowest BCUT2D eigenvalue weighted by Gasteiger charge is -2.26. The van der Waals surface area contributed by atoms with E-state index in [-0.39, 0.29) is 5.91 Å². The average Bonchev–Trinajstić information content (AvgIpc) is 2.99. The van der Waals surface area contributed by atoms with Crippen molar-refractivity contribution in [1.29, 1.82) is 0 Å². The molecule has 1 aromatic carbocycles. The normalized spacial score (nSPS) is 14.7. The van der Waals surface area contributed by atoms with Gasteiger partial charge in [-0.2, -0.15) is 0 Å². The predicted molar refractivity (Wildman–Crippen MR) is 90.7 cm³/mol. The van der Waals surface area contributed by atoms with Crippen LogP contribution in [0.4, 0.5) is 5.13 Å². The lowest BCUT2D eigenvalue weighted by atomic mass is 10.00. The van der Waals surface area contributed by atoms with Gasteiger partial charge < -0.3 is 10.6 Å². The van der Waals surface area contributed by atoms with Gasteiger partial charge in [-0.1, -0.05) is 59.5 Å². The highest BCUT2D eigenvalue weighted by Crippen LogP contribution is 2.25. The van der Waals surface area contributed by atoms with Crippen LogP contribution in [0.2, 0.25) is 0 Å². The van der Waals surface area contributed by atoms with Gasteiger partial charge in [0.25, 0.3) is 0 Å². The van der Waals surface area contributed by atoms with E-state index < -0.39 is 0 Å². The van der Waals surface area contributed by atoms with Crippen LogP contribution in [0, 0.1) is 0 Å². The SMILES string of the molecule is Nc1nnc(SCC(=O)N2CC=C(c3ccccc3)CC2)s1. The summed E-state index contributed by atoms with van der Waals surface area (Å²) in [7, 11) is 0. The van der Waals surface area contributed by atoms with Crippen LogP contribution >= 0.6 is 23.1 Å². The fourth-order valence-corrected chi connectivity index (χ4v) is 3.84. The number of amides is 1. The van der Waals surface area contributed by atoms with Crippen molar-refractivity contribution < 1.29 is 4.79 Å². The van der Waals surface area contributed by atoms with Gasteiger partial charge >= 0.3 is 0 Å². The van der Waals surface area contributed by atoms with Crippen molar-refractivity contribution in [2.75, 3.05) is 24.6 Å². The number of rotatable bonds is 4. The highest BCUT2D eigenvalue weighted by molar-refractivity contribution is 8.01. The predicted octanol–water partition coefficient (Wildman–Crippen LogP) is 2.53. The highest BCUT2D eigenvalue weighted by Gasteiger charge is 2.18. The van der Waals surface area contributed by atoms with Gasteiger partial charge in [0.1, 0.15) is 0 Å². The van der Waals surface area contributed by atoms with E-state index in [9.17, 15) is 4.79 Å². The summed E-state index contributed by atoms with van der Waals surface area (Å²) in [4.78, 5) is 14.1. The summed E-state index contributed by atoms with van der Waals surface area (Å²) in [6.07, 6.45) is 3.04. The Labute approximate surface area is 137 Å². The smallest absolute Gasteiger partial charge is 0.233 e. The Balaban J connectivity index is 1.54. The van der Waals surface area contributed by atoms with Gasteiger partial charge in [0.2, 0.25) is 11.0 Å². The molecule has 0 saturated heterocycles.